The number of amides is 1. The lowest BCUT2D eigenvalue weighted by Gasteiger charge is -2.14. The van der Waals surface area contributed by atoms with Gasteiger partial charge in [0.05, 0.1) is 4.83 Å². The van der Waals surface area contributed by atoms with Gasteiger partial charge in [0, 0.05) is 13.1 Å². The molecule has 0 aromatic carbocycles. The first-order chi connectivity index (χ1) is 6.11. The molecule has 0 saturated carbocycles. The lowest BCUT2D eigenvalue weighted by atomic mass is 10.2. The summed E-state index contributed by atoms with van der Waals surface area (Å²) >= 11 is 3.36. The van der Waals surface area contributed by atoms with Crippen molar-refractivity contribution in [3.63, 3.8) is 0 Å². The standard InChI is InChI=1S/C10H16BrNO/c1-8(2)4-3-6-12-7-5-9(11)10(12)13/h4,9H,3,5-7H2,1-2H3. The van der Waals surface area contributed by atoms with Gasteiger partial charge in [-0.15, -0.1) is 0 Å². The molecule has 0 bridgehead atoms. The maximum atomic E-state index is 11.4. The van der Waals surface area contributed by atoms with Crippen LogP contribution in [0.5, 0.6) is 0 Å². The number of alkyl halides is 1. The van der Waals surface area contributed by atoms with Crippen molar-refractivity contribution in [1.82, 2.24) is 4.90 Å². The molecule has 0 aliphatic carbocycles. The van der Waals surface area contributed by atoms with Gasteiger partial charge in [0.25, 0.3) is 0 Å². The number of halogens is 1. The van der Waals surface area contributed by atoms with Crippen LogP contribution < -0.4 is 0 Å². The van der Waals surface area contributed by atoms with Crippen LogP contribution in [0.3, 0.4) is 0 Å². The third-order valence-corrected chi connectivity index (χ3v) is 3.03. The summed E-state index contributed by atoms with van der Waals surface area (Å²) in [5.74, 6) is 0.252. The smallest absolute Gasteiger partial charge is 0.236 e. The Morgan fingerprint density at radius 3 is 2.85 bits per heavy atom. The van der Waals surface area contributed by atoms with Gasteiger partial charge >= 0.3 is 0 Å². The molecule has 3 heteroatoms. The Morgan fingerprint density at radius 2 is 2.38 bits per heavy atom. The average molecular weight is 246 g/mol. The maximum absolute atomic E-state index is 11.4. The van der Waals surface area contributed by atoms with Crippen LogP contribution in [0.4, 0.5) is 0 Å². The van der Waals surface area contributed by atoms with Crippen LogP contribution in [0.25, 0.3) is 0 Å². The minimum Gasteiger partial charge on any atom is -0.341 e. The van der Waals surface area contributed by atoms with Gasteiger partial charge in [0.2, 0.25) is 5.91 Å². The normalized spacial score (nSPS) is 22.2. The first kappa shape index (κ1) is 10.8. The third kappa shape index (κ3) is 3.14. The molecule has 0 aromatic heterocycles. The SMILES string of the molecule is CC(C)=CCCN1CCC(Br)C1=O. The van der Waals surface area contributed by atoms with Crippen molar-refractivity contribution in [3.05, 3.63) is 11.6 Å². The van der Waals surface area contributed by atoms with E-state index in [-0.39, 0.29) is 10.7 Å². The van der Waals surface area contributed by atoms with Gasteiger partial charge in [-0.1, -0.05) is 27.6 Å². The average Bonchev–Trinajstić information content (AvgIpc) is 2.35. The number of carbonyl (C=O) groups excluding carboxylic acids is 1. The first-order valence-corrected chi connectivity index (χ1v) is 5.59. The molecule has 0 aromatic rings. The monoisotopic (exact) mass is 245 g/mol. The molecule has 1 fully saturated rings. The Labute approximate surface area is 88.1 Å². The fraction of sp³-hybridized carbons (Fsp3) is 0.700. The highest BCUT2D eigenvalue weighted by Gasteiger charge is 2.28. The molecule has 2 nitrogen and oxygen atoms in total. The van der Waals surface area contributed by atoms with E-state index in [1.807, 2.05) is 4.90 Å². The molecule has 0 spiro atoms. The summed E-state index contributed by atoms with van der Waals surface area (Å²) in [6, 6.07) is 0. The molecule has 74 valence electrons. The third-order valence-electron chi connectivity index (χ3n) is 2.18. The topological polar surface area (TPSA) is 20.3 Å². The lowest BCUT2D eigenvalue weighted by molar-refractivity contribution is -0.127. The van der Waals surface area contributed by atoms with E-state index >= 15 is 0 Å². The minimum absolute atomic E-state index is 0.0687. The Bertz CT molecular complexity index is 221. The Morgan fingerprint density at radius 1 is 1.69 bits per heavy atom. The van der Waals surface area contributed by atoms with E-state index in [2.05, 4.69) is 35.9 Å². The molecule has 1 saturated heterocycles. The number of hydrogen-bond donors (Lipinski definition) is 0. The largest absolute Gasteiger partial charge is 0.341 e. The highest BCUT2D eigenvalue weighted by Crippen LogP contribution is 2.18. The Balaban J connectivity index is 2.31. The second-order valence-corrected chi connectivity index (χ2v) is 4.76. The second kappa shape index (κ2) is 4.80. The van der Waals surface area contributed by atoms with Crippen molar-refractivity contribution in [2.45, 2.75) is 31.5 Å². The molecule has 13 heavy (non-hydrogen) atoms. The molecule has 1 heterocycles. The van der Waals surface area contributed by atoms with E-state index in [9.17, 15) is 4.79 Å². The molecule has 1 aliphatic heterocycles. The number of carbonyl (C=O) groups is 1. The van der Waals surface area contributed by atoms with Crippen LogP contribution in [0.15, 0.2) is 11.6 Å². The van der Waals surface area contributed by atoms with E-state index in [0.717, 1.165) is 25.9 Å². The van der Waals surface area contributed by atoms with E-state index < -0.39 is 0 Å². The number of likely N-dealkylation sites (tertiary alicyclic amines) is 1. The quantitative estimate of drug-likeness (QED) is 0.553. The van der Waals surface area contributed by atoms with Crippen molar-refractivity contribution < 1.29 is 4.79 Å². The summed E-state index contributed by atoms with van der Waals surface area (Å²) in [4.78, 5) is 13.4. The summed E-state index contributed by atoms with van der Waals surface area (Å²) < 4.78 is 0. The summed E-state index contributed by atoms with van der Waals surface area (Å²) in [6.45, 7) is 5.94. The molecule has 1 amide bonds. The van der Waals surface area contributed by atoms with Gasteiger partial charge in [-0.2, -0.15) is 0 Å². The van der Waals surface area contributed by atoms with Gasteiger partial charge in [-0.3, -0.25) is 4.79 Å². The number of hydrogen-bond acceptors (Lipinski definition) is 1. The summed E-state index contributed by atoms with van der Waals surface area (Å²) in [5, 5.41) is 0. The fourth-order valence-electron chi connectivity index (χ4n) is 1.43. The van der Waals surface area contributed by atoms with Crippen LogP contribution in [-0.2, 0) is 4.79 Å². The lowest BCUT2D eigenvalue weighted by Crippen LogP contribution is -2.28. The second-order valence-electron chi connectivity index (χ2n) is 3.65. The summed E-state index contributed by atoms with van der Waals surface area (Å²) in [6.07, 6.45) is 4.11. The number of nitrogens with zero attached hydrogens (tertiary/aromatic N) is 1. The molecule has 1 unspecified atom stereocenters. The van der Waals surface area contributed by atoms with Gasteiger partial charge in [0.1, 0.15) is 0 Å². The number of allylic oxidation sites excluding steroid dienone is 1. The zero-order valence-electron chi connectivity index (χ0n) is 8.22. The molecule has 1 atom stereocenters. The number of rotatable bonds is 3. The zero-order chi connectivity index (χ0) is 9.84. The van der Waals surface area contributed by atoms with Crippen LogP contribution in [-0.4, -0.2) is 28.7 Å². The van der Waals surface area contributed by atoms with Crippen molar-refractivity contribution >= 4 is 21.8 Å². The minimum atomic E-state index is 0.0687. The van der Waals surface area contributed by atoms with Crippen molar-refractivity contribution in [3.8, 4) is 0 Å². The predicted molar refractivity (Wildman–Crippen MR) is 58.0 cm³/mol. The molecule has 1 rings (SSSR count). The zero-order valence-corrected chi connectivity index (χ0v) is 9.80. The van der Waals surface area contributed by atoms with Crippen LogP contribution in [0, 0.1) is 0 Å². The molecule has 1 aliphatic rings. The van der Waals surface area contributed by atoms with Crippen molar-refractivity contribution in [2.75, 3.05) is 13.1 Å². The van der Waals surface area contributed by atoms with E-state index in [0.29, 0.717) is 0 Å². The molecular formula is C10H16BrNO. The van der Waals surface area contributed by atoms with Crippen molar-refractivity contribution in [1.29, 1.82) is 0 Å². The molecule has 0 N–H and O–H groups in total. The maximum Gasteiger partial charge on any atom is 0.236 e. The predicted octanol–water partition coefficient (Wildman–Crippen LogP) is 2.34. The van der Waals surface area contributed by atoms with E-state index in [1.165, 1.54) is 5.57 Å². The van der Waals surface area contributed by atoms with Crippen molar-refractivity contribution in [2.24, 2.45) is 0 Å². The summed E-state index contributed by atoms with van der Waals surface area (Å²) in [7, 11) is 0. The molecule has 0 radical (unpaired) electrons. The van der Waals surface area contributed by atoms with Gasteiger partial charge in [0.15, 0.2) is 0 Å². The first-order valence-electron chi connectivity index (χ1n) is 4.67. The van der Waals surface area contributed by atoms with E-state index in [1.54, 1.807) is 0 Å². The Kier molecular flexibility index (Phi) is 3.97. The van der Waals surface area contributed by atoms with Crippen LogP contribution in [0.2, 0.25) is 0 Å². The molecular weight excluding hydrogens is 230 g/mol. The fourth-order valence-corrected chi connectivity index (χ4v) is 1.93. The van der Waals surface area contributed by atoms with Crippen LogP contribution in [0.1, 0.15) is 26.7 Å². The highest BCUT2D eigenvalue weighted by molar-refractivity contribution is 9.10. The highest BCUT2D eigenvalue weighted by atomic mass is 79.9. The van der Waals surface area contributed by atoms with Gasteiger partial charge in [-0.05, 0) is 26.7 Å². The van der Waals surface area contributed by atoms with Gasteiger partial charge < -0.3 is 4.90 Å². The summed E-state index contributed by atoms with van der Waals surface area (Å²) in [5.41, 5.74) is 1.32. The van der Waals surface area contributed by atoms with Crippen LogP contribution >= 0.6 is 15.9 Å². The Hall–Kier alpha value is -0.310. The van der Waals surface area contributed by atoms with E-state index in [4.69, 9.17) is 0 Å². The van der Waals surface area contributed by atoms with Gasteiger partial charge in [-0.25, -0.2) is 0 Å².